The molecule has 0 saturated heterocycles. The van der Waals surface area contributed by atoms with Crippen molar-refractivity contribution in [2.24, 2.45) is 0 Å². The molecule has 0 bridgehead atoms. The maximum Gasteiger partial charge on any atom is 0.422 e. The van der Waals surface area contributed by atoms with Crippen LogP contribution in [0.25, 0.3) is 11.1 Å². The quantitative estimate of drug-likeness (QED) is 0.420. The Morgan fingerprint density at radius 1 is 1.13 bits per heavy atom. The summed E-state index contributed by atoms with van der Waals surface area (Å²) < 4.78 is 60.9. The van der Waals surface area contributed by atoms with E-state index in [0.29, 0.717) is 11.5 Å². The first kappa shape index (κ1) is 22.5. The first-order valence-corrected chi connectivity index (χ1v) is 9.48. The van der Waals surface area contributed by atoms with Gasteiger partial charge in [0.15, 0.2) is 18.6 Å². The number of carbonyl (C=O) groups is 1. The number of hydrogen-bond acceptors (Lipinski definition) is 5. The molecule has 2 aromatic heterocycles. The van der Waals surface area contributed by atoms with E-state index in [4.69, 9.17) is 4.52 Å². The number of carbonyl (C=O) groups excluding carboxylic acids is 1. The second-order valence-corrected chi connectivity index (χ2v) is 7.17. The van der Waals surface area contributed by atoms with Crippen LogP contribution < -0.4 is 4.74 Å². The predicted molar refractivity (Wildman–Crippen MR) is 104 cm³/mol. The molecular weight excluding hydrogens is 416 g/mol. The first-order valence-electron chi connectivity index (χ1n) is 9.48. The lowest BCUT2D eigenvalue weighted by atomic mass is 9.95. The summed E-state index contributed by atoms with van der Waals surface area (Å²) in [6.45, 7) is 2.05. The molecule has 0 saturated carbocycles. The fourth-order valence-electron chi connectivity index (χ4n) is 3.04. The molecule has 0 amide bonds. The van der Waals surface area contributed by atoms with E-state index in [1.54, 1.807) is 44.3 Å². The number of halogens is 4. The minimum absolute atomic E-state index is 0.0360. The van der Waals surface area contributed by atoms with E-state index in [9.17, 15) is 22.4 Å². The van der Waals surface area contributed by atoms with Gasteiger partial charge in [-0.3, -0.25) is 9.78 Å². The highest BCUT2D eigenvalue weighted by atomic mass is 19.4. The van der Waals surface area contributed by atoms with E-state index < -0.39 is 30.7 Å². The number of hydrogen-bond donors (Lipinski definition) is 0. The van der Waals surface area contributed by atoms with Crippen LogP contribution in [-0.2, 0) is 4.79 Å². The average molecular weight is 436 g/mol. The molecule has 164 valence electrons. The fourth-order valence-corrected chi connectivity index (χ4v) is 3.04. The zero-order valence-electron chi connectivity index (χ0n) is 16.8. The number of rotatable bonds is 8. The summed E-state index contributed by atoms with van der Waals surface area (Å²) >= 11 is 0. The van der Waals surface area contributed by atoms with Gasteiger partial charge in [0.2, 0.25) is 0 Å². The Morgan fingerprint density at radius 2 is 1.84 bits per heavy atom. The summed E-state index contributed by atoms with van der Waals surface area (Å²) in [5.74, 6) is -0.426. The Labute approximate surface area is 176 Å². The van der Waals surface area contributed by atoms with Crippen LogP contribution in [0.1, 0.15) is 42.5 Å². The zero-order chi connectivity index (χ0) is 22.6. The van der Waals surface area contributed by atoms with E-state index in [0.717, 1.165) is 17.3 Å². The van der Waals surface area contributed by atoms with Crippen LogP contribution in [0.15, 0.2) is 53.3 Å². The van der Waals surface area contributed by atoms with Gasteiger partial charge in [0.1, 0.15) is 11.5 Å². The molecule has 0 spiro atoms. The van der Waals surface area contributed by atoms with Crippen LogP contribution in [-0.4, -0.2) is 28.7 Å². The third-order valence-electron chi connectivity index (χ3n) is 4.72. The molecule has 3 aromatic rings. The van der Waals surface area contributed by atoms with Crippen molar-refractivity contribution >= 4 is 5.78 Å². The molecule has 0 fully saturated rings. The van der Waals surface area contributed by atoms with Gasteiger partial charge in [0, 0.05) is 23.6 Å². The number of ether oxygens (including phenoxy) is 1. The van der Waals surface area contributed by atoms with Gasteiger partial charge in [0.05, 0.1) is 12.4 Å². The molecule has 1 aromatic carbocycles. The Balaban J connectivity index is 1.59. The molecule has 2 heterocycles. The molecule has 2 unspecified atom stereocenters. The summed E-state index contributed by atoms with van der Waals surface area (Å²) in [6, 6.07) is 9.28. The van der Waals surface area contributed by atoms with Crippen molar-refractivity contribution in [3.63, 3.8) is 0 Å². The Kier molecular flexibility index (Phi) is 6.72. The number of alkyl halides is 4. The largest absolute Gasteiger partial charge is 0.483 e. The summed E-state index contributed by atoms with van der Waals surface area (Å²) in [4.78, 5) is 16.4. The van der Waals surface area contributed by atoms with Crippen molar-refractivity contribution in [1.82, 2.24) is 10.1 Å². The summed E-state index contributed by atoms with van der Waals surface area (Å²) in [6.07, 6.45) is -3.63. The summed E-state index contributed by atoms with van der Waals surface area (Å²) in [5, 5.41) is 3.70. The van der Waals surface area contributed by atoms with Crippen LogP contribution >= 0.6 is 0 Å². The van der Waals surface area contributed by atoms with Gasteiger partial charge >= 0.3 is 6.18 Å². The molecule has 3 rings (SSSR count). The Morgan fingerprint density at radius 3 is 2.39 bits per heavy atom. The summed E-state index contributed by atoms with van der Waals surface area (Å²) in [5.41, 5.74) is 2.28. The highest BCUT2D eigenvalue weighted by Gasteiger charge is 2.28. The smallest absolute Gasteiger partial charge is 0.422 e. The number of ketones is 1. The van der Waals surface area contributed by atoms with E-state index in [2.05, 4.69) is 14.9 Å². The first-order chi connectivity index (χ1) is 14.6. The van der Waals surface area contributed by atoms with E-state index in [-0.39, 0.29) is 17.7 Å². The van der Waals surface area contributed by atoms with Crippen molar-refractivity contribution in [3.8, 4) is 16.9 Å². The van der Waals surface area contributed by atoms with E-state index in [1.165, 1.54) is 12.1 Å². The van der Waals surface area contributed by atoms with Crippen LogP contribution in [0.2, 0.25) is 0 Å². The third-order valence-corrected chi connectivity index (χ3v) is 4.72. The van der Waals surface area contributed by atoms with E-state index >= 15 is 0 Å². The van der Waals surface area contributed by atoms with Crippen molar-refractivity contribution in [3.05, 3.63) is 65.8 Å². The fraction of sp³-hybridized carbons (Fsp3) is 0.318. The minimum Gasteiger partial charge on any atom is -0.483 e. The molecule has 31 heavy (non-hydrogen) atoms. The molecule has 0 N–H and O–H groups in total. The van der Waals surface area contributed by atoms with Crippen LogP contribution in [0, 0.1) is 6.92 Å². The van der Waals surface area contributed by atoms with Crippen molar-refractivity contribution in [2.45, 2.75) is 38.5 Å². The number of aromatic nitrogens is 2. The maximum absolute atomic E-state index is 14.7. The number of nitrogens with zero attached hydrogens (tertiary/aromatic N) is 2. The average Bonchev–Trinajstić information content (AvgIpc) is 3.17. The lowest BCUT2D eigenvalue weighted by Gasteiger charge is -2.14. The van der Waals surface area contributed by atoms with Gasteiger partial charge in [-0.25, -0.2) is 4.39 Å². The van der Waals surface area contributed by atoms with Crippen LogP contribution in [0.5, 0.6) is 5.75 Å². The molecule has 0 aliphatic carbocycles. The molecule has 2 atom stereocenters. The second kappa shape index (κ2) is 9.28. The summed E-state index contributed by atoms with van der Waals surface area (Å²) in [7, 11) is 0. The van der Waals surface area contributed by atoms with Gasteiger partial charge in [-0.2, -0.15) is 13.2 Å². The van der Waals surface area contributed by atoms with Gasteiger partial charge in [-0.15, -0.1) is 0 Å². The van der Waals surface area contributed by atoms with Gasteiger partial charge in [-0.05, 0) is 30.2 Å². The SMILES string of the molecule is Cc1oncc1-c1ccc(C(F)C(=O)CC(C)c2ccc(OCC(F)(F)F)cn2)cc1. The lowest BCUT2D eigenvalue weighted by Crippen LogP contribution is -2.19. The molecule has 0 radical (unpaired) electrons. The molecular formula is C22H20F4N2O3. The number of benzene rings is 1. The molecule has 0 aliphatic heterocycles. The highest BCUT2D eigenvalue weighted by molar-refractivity contribution is 5.85. The topological polar surface area (TPSA) is 65.2 Å². The second-order valence-electron chi connectivity index (χ2n) is 7.17. The molecule has 0 aliphatic rings. The van der Waals surface area contributed by atoms with Crippen molar-refractivity contribution in [2.75, 3.05) is 6.61 Å². The standard InChI is InChI=1S/C22H20F4N2O3/c1-13(19-8-7-17(10-27-19)30-12-22(24,25)26)9-20(29)21(23)16-5-3-15(4-6-16)18-11-28-31-14(18)2/h3-8,10-11,13,21H,9,12H2,1-2H3. The van der Waals surface area contributed by atoms with Gasteiger partial charge in [0.25, 0.3) is 0 Å². The van der Waals surface area contributed by atoms with Crippen LogP contribution in [0.3, 0.4) is 0 Å². The van der Waals surface area contributed by atoms with Crippen LogP contribution in [0.4, 0.5) is 17.6 Å². The van der Waals surface area contributed by atoms with E-state index in [1.807, 2.05) is 0 Å². The number of Topliss-reactive ketones (excluding diaryl/α,β-unsaturated/α-hetero) is 1. The normalized spacial score (nSPS) is 13.6. The van der Waals surface area contributed by atoms with Gasteiger partial charge < -0.3 is 9.26 Å². The maximum atomic E-state index is 14.7. The predicted octanol–water partition coefficient (Wildman–Crippen LogP) is 5.76. The zero-order valence-corrected chi connectivity index (χ0v) is 16.8. The Bertz CT molecular complexity index is 1010. The van der Waals surface area contributed by atoms with Crippen molar-refractivity contribution in [1.29, 1.82) is 0 Å². The highest BCUT2D eigenvalue weighted by Crippen LogP contribution is 2.29. The van der Waals surface area contributed by atoms with Crippen molar-refractivity contribution < 1.29 is 31.6 Å². The minimum atomic E-state index is -4.44. The lowest BCUT2D eigenvalue weighted by molar-refractivity contribution is -0.153. The number of pyridine rings is 1. The van der Waals surface area contributed by atoms with Gasteiger partial charge in [-0.1, -0.05) is 36.3 Å². The Hall–Kier alpha value is -3.23. The number of aryl methyl sites for hydroxylation is 1. The third kappa shape index (κ3) is 5.90. The molecule has 5 nitrogen and oxygen atoms in total. The molecule has 9 heteroatoms. The monoisotopic (exact) mass is 436 g/mol.